The van der Waals surface area contributed by atoms with Crippen molar-refractivity contribution in [3.05, 3.63) is 24.0 Å². The third-order valence-corrected chi connectivity index (χ3v) is 3.14. The first kappa shape index (κ1) is 16.5. The van der Waals surface area contributed by atoms with Gasteiger partial charge in [-0.05, 0) is 19.1 Å². The molecule has 0 bridgehead atoms. The van der Waals surface area contributed by atoms with Gasteiger partial charge in [0.15, 0.2) is 0 Å². The van der Waals surface area contributed by atoms with E-state index in [0.29, 0.717) is 0 Å². The zero-order valence-corrected chi connectivity index (χ0v) is 11.8. The smallest absolute Gasteiger partial charge is 0.242 e. The molecule has 0 saturated carbocycles. The number of pyridine rings is 1. The lowest BCUT2D eigenvalue weighted by atomic mass is 10.3. The minimum absolute atomic E-state index is 0. The van der Waals surface area contributed by atoms with E-state index in [2.05, 4.69) is 15.6 Å². The van der Waals surface area contributed by atoms with Crippen LogP contribution < -0.4 is 10.6 Å². The predicted octanol–water partition coefficient (Wildman–Crippen LogP) is 1.83. The SMILES string of the molecule is Cc1cc(NC(=O)C2CSCN2)ccn1.Cl.Cl. The Kier molecular flexibility index (Phi) is 7.54. The Morgan fingerprint density at radius 2 is 2.35 bits per heavy atom. The molecule has 1 amide bonds. The van der Waals surface area contributed by atoms with Crippen LogP contribution in [0.25, 0.3) is 0 Å². The van der Waals surface area contributed by atoms with E-state index < -0.39 is 0 Å². The van der Waals surface area contributed by atoms with Crippen LogP contribution in [0.1, 0.15) is 5.69 Å². The molecule has 2 N–H and O–H groups in total. The number of hydrogen-bond acceptors (Lipinski definition) is 4. The average molecular weight is 296 g/mol. The number of aryl methyl sites for hydroxylation is 1. The Balaban J connectivity index is 0.00000128. The van der Waals surface area contributed by atoms with Crippen molar-refractivity contribution in [2.24, 2.45) is 0 Å². The number of carbonyl (C=O) groups is 1. The highest BCUT2D eigenvalue weighted by atomic mass is 35.5. The number of nitrogens with zero attached hydrogens (tertiary/aromatic N) is 1. The maximum atomic E-state index is 11.7. The number of rotatable bonds is 2. The summed E-state index contributed by atoms with van der Waals surface area (Å²) in [4.78, 5) is 15.8. The van der Waals surface area contributed by atoms with Crippen molar-refractivity contribution in [3.63, 3.8) is 0 Å². The zero-order chi connectivity index (χ0) is 10.7. The highest BCUT2D eigenvalue weighted by molar-refractivity contribution is 7.99. The van der Waals surface area contributed by atoms with Gasteiger partial charge in [-0.3, -0.25) is 15.1 Å². The summed E-state index contributed by atoms with van der Waals surface area (Å²) in [6, 6.07) is 3.59. The minimum atomic E-state index is -0.0662. The van der Waals surface area contributed by atoms with Crippen molar-refractivity contribution in [3.8, 4) is 0 Å². The molecular formula is C10H15Cl2N3OS. The van der Waals surface area contributed by atoms with Crippen LogP contribution in [0.2, 0.25) is 0 Å². The van der Waals surface area contributed by atoms with Gasteiger partial charge in [-0.2, -0.15) is 0 Å². The van der Waals surface area contributed by atoms with Gasteiger partial charge in [0.05, 0.1) is 6.04 Å². The lowest BCUT2D eigenvalue weighted by Crippen LogP contribution is -2.37. The first-order valence-corrected chi connectivity index (χ1v) is 5.96. The zero-order valence-electron chi connectivity index (χ0n) is 9.30. The molecule has 0 radical (unpaired) electrons. The molecule has 0 spiro atoms. The van der Waals surface area contributed by atoms with E-state index in [1.807, 2.05) is 13.0 Å². The van der Waals surface area contributed by atoms with Crippen LogP contribution >= 0.6 is 36.6 Å². The van der Waals surface area contributed by atoms with Crippen LogP contribution in [0.5, 0.6) is 0 Å². The maximum absolute atomic E-state index is 11.7. The first-order chi connectivity index (χ1) is 7.25. The van der Waals surface area contributed by atoms with Gasteiger partial charge in [0, 0.05) is 29.2 Å². The van der Waals surface area contributed by atoms with E-state index in [0.717, 1.165) is 23.0 Å². The average Bonchev–Trinajstić information content (AvgIpc) is 2.70. The van der Waals surface area contributed by atoms with E-state index in [1.54, 1.807) is 24.0 Å². The molecule has 1 aromatic rings. The molecule has 4 nitrogen and oxygen atoms in total. The fourth-order valence-corrected chi connectivity index (χ4v) is 2.36. The topological polar surface area (TPSA) is 54.0 Å². The van der Waals surface area contributed by atoms with Gasteiger partial charge in [0.2, 0.25) is 5.91 Å². The van der Waals surface area contributed by atoms with Gasteiger partial charge in [-0.1, -0.05) is 0 Å². The largest absolute Gasteiger partial charge is 0.325 e. The monoisotopic (exact) mass is 295 g/mol. The van der Waals surface area contributed by atoms with Crippen LogP contribution in [0.3, 0.4) is 0 Å². The molecular weight excluding hydrogens is 281 g/mol. The van der Waals surface area contributed by atoms with E-state index in [9.17, 15) is 4.79 Å². The standard InChI is InChI=1S/C10H13N3OS.2ClH/c1-7-4-8(2-3-11-7)13-10(14)9-5-15-6-12-9;;/h2-4,9,12H,5-6H2,1H3,(H,11,13,14);2*1H. The summed E-state index contributed by atoms with van der Waals surface area (Å²) < 4.78 is 0. The molecule has 1 aliphatic heterocycles. The van der Waals surface area contributed by atoms with Crippen LogP contribution in [-0.2, 0) is 4.79 Å². The summed E-state index contributed by atoms with van der Waals surface area (Å²) in [7, 11) is 0. The fraction of sp³-hybridized carbons (Fsp3) is 0.400. The molecule has 17 heavy (non-hydrogen) atoms. The molecule has 2 heterocycles. The summed E-state index contributed by atoms with van der Waals surface area (Å²) >= 11 is 1.74. The Bertz CT molecular complexity index is 372. The van der Waals surface area contributed by atoms with Gasteiger partial charge in [-0.25, -0.2) is 0 Å². The van der Waals surface area contributed by atoms with E-state index >= 15 is 0 Å². The highest BCUT2D eigenvalue weighted by Crippen LogP contribution is 2.12. The highest BCUT2D eigenvalue weighted by Gasteiger charge is 2.22. The Morgan fingerprint density at radius 3 is 2.94 bits per heavy atom. The second kappa shape index (κ2) is 7.76. The quantitative estimate of drug-likeness (QED) is 0.874. The van der Waals surface area contributed by atoms with Crippen molar-refractivity contribution >= 4 is 48.2 Å². The molecule has 0 aromatic carbocycles. The van der Waals surface area contributed by atoms with Crippen LogP contribution in [-0.4, -0.2) is 28.6 Å². The van der Waals surface area contributed by atoms with Crippen molar-refractivity contribution < 1.29 is 4.79 Å². The molecule has 1 fully saturated rings. The molecule has 2 rings (SSSR count). The van der Waals surface area contributed by atoms with Crippen LogP contribution in [0.15, 0.2) is 18.3 Å². The number of halogens is 2. The summed E-state index contributed by atoms with van der Waals surface area (Å²) in [5.41, 5.74) is 1.72. The summed E-state index contributed by atoms with van der Waals surface area (Å²) in [5.74, 6) is 1.73. The Hall–Kier alpha value is -0.490. The van der Waals surface area contributed by atoms with Gasteiger partial charge < -0.3 is 5.32 Å². The van der Waals surface area contributed by atoms with E-state index in [4.69, 9.17) is 0 Å². The number of hydrogen-bond donors (Lipinski definition) is 2. The van der Waals surface area contributed by atoms with Crippen molar-refractivity contribution in [1.82, 2.24) is 10.3 Å². The number of thioether (sulfide) groups is 1. The van der Waals surface area contributed by atoms with Crippen LogP contribution in [0.4, 0.5) is 5.69 Å². The van der Waals surface area contributed by atoms with E-state index in [1.165, 1.54) is 0 Å². The third-order valence-electron chi connectivity index (χ3n) is 2.20. The van der Waals surface area contributed by atoms with Crippen molar-refractivity contribution in [1.29, 1.82) is 0 Å². The summed E-state index contributed by atoms with van der Waals surface area (Å²) in [6.07, 6.45) is 1.70. The van der Waals surface area contributed by atoms with Crippen molar-refractivity contribution in [2.45, 2.75) is 13.0 Å². The number of amides is 1. The second-order valence-corrected chi connectivity index (χ2v) is 4.48. The Morgan fingerprint density at radius 1 is 1.59 bits per heavy atom. The lowest BCUT2D eigenvalue weighted by Gasteiger charge is -2.10. The number of aromatic nitrogens is 1. The fourth-order valence-electron chi connectivity index (χ4n) is 1.42. The number of anilines is 1. The maximum Gasteiger partial charge on any atom is 0.242 e. The molecule has 7 heteroatoms. The van der Waals surface area contributed by atoms with Gasteiger partial charge >= 0.3 is 0 Å². The third kappa shape index (κ3) is 4.71. The summed E-state index contributed by atoms with van der Waals surface area (Å²) in [6.45, 7) is 1.90. The second-order valence-electron chi connectivity index (χ2n) is 3.45. The molecule has 0 aliphatic carbocycles. The van der Waals surface area contributed by atoms with Gasteiger partial charge in [-0.15, -0.1) is 36.6 Å². The van der Waals surface area contributed by atoms with Gasteiger partial charge in [0.1, 0.15) is 0 Å². The minimum Gasteiger partial charge on any atom is -0.325 e. The number of carbonyl (C=O) groups excluding carboxylic acids is 1. The van der Waals surface area contributed by atoms with E-state index in [-0.39, 0.29) is 36.8 Å². The Labute approximate surface area is 117 Å². The predicted molar refractivity (Wildman–Crippen MR) is 76.3 cm³/mol. The van der Waals surface area contributed by atoms with Crippen molar-refractivity contribution in [2.75, 3.05) is 16.9 Å². The number of nitrogens with one attached hydrogen (secondary N) is 2. The molecule has 1 aromatic heterocycles. The molecule has 1 unspecified atom stereocenters. The molecule has 96 valence electrons. The molecule has 1 aliphatic rings. The summed E-state index contributed by atoms with van der Waals surface area (Å²) in [5, 5.41) is 6.00. The normalized spacial score (nSPS) is 17.8. The molecule has 1 atom stereocenters. The van der Waals surface area contributed by atoms with Crippen LogP contribution in [0, 0.1) is 6.92 Å². The molecule has 1 saturated heterocycles. The van der Waals surface area contributed by atoms with Gasteiger partial charge in [0.25, 0.3) is 0 Å². The first-order valence-electron chi connectivity index (χ1n) is 4.80. The lowest BCUT2D eigenvalue weighted by molar-refractivity contribution is -0.117.